The van der Waals surface area contributed by atoms with Gasteiger partial charge in [0.15, 0.2) is 0 Å². The lowest BCUT2D eigenvalue weighted by Gasteiger charge is -2.06. The van der Waals surface area contributed by atoms with Crippen LogP contribution in [0, 0.1) is 0 Å². The molecule has 0 radical (unpaired) electrons. The molecule has 0 bridgehead atoms. The number of sulfonamides is 1. The highest BCUT2D eigenvalue weighted by Crippen LogP contribution is 2.12. The highest BCUT2D eigenvalue weighted by Gasteiger charge is 2.07. The van der Waals surface area contributed by atoms with E-state index < -0.39 is 10.0 Å². The number of hydrogen-bond donors (Lipinski definition) is 1. The summed E-state index contributed by atoms with van der Waals surface area (Å²) in [5.74, 6) is -0.00264. The summed E-state index contributed by atoms with van der Waals surface area (Å²) in [6.07, 6.45) is 7.42. The Morgan fingerprint density at radius 2 is 2.27 bits per heavy atom. The average molecular weight is 173 g/mol. The molecule has 0 aromatic carbocycles. The van der Waals surface area contributed by atoms with Gasteiger partial charge in [-0.1, -0.05) is 23.8 Å². The van der Waals surface area contributed by atoms with Crippen LogP contribution in [0.3, 0.4) is 0 Å². The Morgan fingerprint density at radius 3 is 2.73 bits per heavy atom. The zero-order valence-corrected chi connectivity index (χ0v) is 6.97. The standard InChI is InChI=1S/C7H11NO2S/c8-11(9,10)6-7-4-2-1-3-5-7/h1-2,4H,3,5-6H2,(H2,8,9,10). The zero-order chi connectivity index (χ0) is 8.32. The number of rotatable bonds is 2. The van der Waals surface area contributed by atoms with Crippen molar-refractivity contribution in [1.82, 2.24) is 0 Å². The maximum atomic E-state index is 10.6. The SMILES string of the molecule is NS(=O)(=O)CC1=CC=CCC1. The van der Waals surface area contributed by atoms with Gasteiger partial charge in [-0.3, -0.25) is 0 Å². The lowest BCUT2D eigenvalue weighted by Crippen LogP contribution is -2.18. The summed E-state index contributed by atoms with van der Waals surface area (Å²) in [6.45, 7) is 0. The average Bonchev–Trinajstić information content (AvgIpc) is 1.85. The van der Waals surface area contributed by atoms with Crippen molar-refractivity contribution in [3.8, 4) is 0 Å². The maximum absolute atomic E-state index is 10.6. The lowest BCUT2D eigenvalue weighted by molar-refractivity contribution is 0.599. The topological polar surface area (TPSA) is 60.2 Å². The van der Waals surface area contributed by atoms with E-state index in [0.29, 0.717) is 0 Å². The summed E-state index contributed by atoms with van der Waals surface area (Å²) in [7, 11) is -3.33. The normalized spacial score (nSPS) is 18.1. The third-order valence-electron chi connectivity index (χ3n) is 1.49. The molecule has 4 heteroatoms. The molecule has 0 spiro atoms. The fourth-order valence-corrected chi connectivity index (χ4v) is 1.79. The molecular formula is C7H11NO2S. The summed E-state index contributed by atoms with van der Waals surface area (Å²) in [6, 6.07) is 0. The van der Waals surface area contributed by atoms with E-state index in [0.717, 1.165) is 18.4 Å². The van der Waals surface area contributed by atoms with Gasteiger partial charge in [-0.25, -0.2) is 13.6 Å². The molecule has 0 saturated heterocycles. The molecule has 0 aliphatic heterocycles. The Bertz CT molecular complexity index is 288. The van der Waals surface area contributed by atoms with Crippen molar-refractivity contribution in [2.75, 3.05) is 5.75 Å². The summed E-state index contributed by atoms with van der Waals surface area (Å²) < 4.78 is 21.2. The van der Waals surface area contributed by atoms with Crippen molar-refractivity contribution in [2.24, 2.45) is 5.14 Å². The van der Waals surface area contributed by atoms with Crippen LogP contribution in [0.25, 0.3) is 0 Å². The van der Waals surface area contributed by atoms with E-state index in [9.17, 15) is 8.42 Å². The molecule has 0 heterocycles. The minimum atomic E-state index is -3.33. The van der Waals surface area contributed by atoms with Gasteiger partial charge in [0.25, 0.3) is 0 Å². The van der Waals surface area contributed by atoms with Gasteiger partial charge in [-0.15, -0.1) is 0 Å². The Kier molecular flexibility index (Phi) is 2.46. The van der Waals surface area contributed by atoms with Gasteiger partial charge in [0.05, 0.1) is 5.75 Å². The van der Waals surface area contributed by atoms with Crippen LogP contribution in [0.15, 0.2) is 23.8 Å². The molecule has 0 aromatic rings. The molecule has 0 unspecified atom stereocenters. The molecule has 3 nitrogen and oxygen atoms in total. The van der Waals surface area contributed by atoms with Gasteiger partial charge >= 0.3 is 0 Å². The second kappa shape index (κ2) is 3.19. The van der Waals surface area contributed by atoms with E-state index in [1.807, 2.05) is 18.2 Å². The van der Waals surface area contributed by atoms with E-state index >= 15 is 0 Å². The van der Waals surface area contributed by atoms with Gasteiger partial charge in [0, 0.05) is 0 Å². The highest BCUT2D eigenvalue weighted by molar-refractivity contribution is 7.89. The molecule has 0 fully saturated rings. The molecule has 62 valence electrons. The summed E-state index contributed by atoms with van der Waals surface area (Å²) in [5, 5.41) is 4.87. The Morgan fingerprint density at radius 1 is 1.55 bits per heavy atom. The molecule has 0 aromatic heterocycles. The molecule has 1 rings (SSSR count). The van der Waals surface area contributed by atoms with Crippen molar-refractivity contribution in [1.29, 1.82) is 0 Å². The fourth-order valence-electron chi connectivity index (χ4n) is 1.03. The monoisotopic (exact) mass is 173 g/mol. The highest BCUT2D eigenvalue weighted by atomic mass is 32.2. The maximum Gasteiger partial charge on any atom is 0.212 e. The van der Waals surface area contributed by atoms with Crippen LogP contribution in [0.2, 0.25) is 0 Å². The van der Waals surface area contributed by atoms with E-state index in [1.54, 1.807) is 0 Å². The minimum absolute atomic E-state index is 0.00264. The summed E-state index contributed by atoms with van der Waals surface area (Å²) >= 11 is 0. The van der Waals surface area contributed by atoms with Crippen molar-refractivity contribution >= 4 is 10.0 Å². The first-order chi connectivity index (χ1) is 5.08. The van der Waals surface area contributed by atoms with Crippen LogP contribution in [0.5, 0.6) is 0 Å². The van der Waals surface area contributed by atoms with Crippen molar-refractivity contribution < 1.29 is 8.42 Å². The lowest BCUT2D eigenvalue weighted by atomic mass is 10.1. The predicted octanol–water partition coefficient (Wildman–Crippen LogP) is 0.551. The van der Waals surface area contributed by atoms with Crippen LogP contribution in [0.1, 0.15) is 12.8 Å². The van der Waals surface area contributed by atoms with Crippen LogP contribution in [-0.4, -0.2) is 14.2 Å². The second-order valence-electron chi connectivity index (χ2n) is 2.60. The molecule has 0 saturated carbocycles. The molecule has 1 aliphatic carbocycles. The Labute approximate surface area is 66.6 Å². The zero-order valence-electron chi connectivity index (χ0n) is 6.16. The third-order valence-corrected chi connectivity index (χ3v) is 2.26. The van der Waals surface area contributed by atoms with Gasteiger partial charge in [-0.2, -0.15) is 0 Å². The molecule has 1 aliphatic rings. The molecule has 0 amide bonds. The first-order valence-corrected chi connectivity index (χ1v) is 5.14. The Balaban J connectivity index is 2.63. The number of primary sulfonamides is 1. The third kappa shape index (κ3) is 3.34. The van der Waals surface area contributed by atoms with Gasteiger partial charge < -0.3 is 0 Å². The van der Waals surface area contributed by atoms with E-state index in [1.165, 1.54) is 0 Å². The van der Waals surface area contributed by atoms with E-state index in [4.69, 9.17) is 5.14 Å². The van der Waals surface area contributed by atoms with Crippen LogP contribution < -0.4 is 5.14 Å². The summed E-state index contributed by atoms with van der Waals surface area (Å²) in [4.78, 5) is 0. The number of hydrogen-bond acceptors (Lipinski definition) is 2. The van der Waals surface area contributed by atoms with Crippen LogP contribution >= 0.6 is 0 Å². The van der Waals surface area contributed by atoms with Crippen molar-refractivity contribution in [2.45, 2.75) is 12.8 Å². The molecule has 11 heavy (non-hydrogen) atoms. The van der Waals surface area contributed by atoms with Gasteiger partial charge in [0.2, 0.25) is 10.0 Å². The van der Waals surface area contributed by atoms with Crippen molar-refractivity contribution in [3.63, 3.8) is 0 Å². The van der Waals surface area contributed by atoms with E-state index in [2.05, 4.69) is 0 Å². The van der Waals surface area contributed by atoms with E-state index in [-0.39, 0.29) is 5.75 Å². The molecule has 2 N–H and O–H groups in total. The number of nitrogens with two attached hydrogens (primary N) is 1. The van der Waals surface area contributed by atoms with Crippen molar-refractivity contribution in [3.05, 3.63) is 23.8 Å². The molecule has 0 atom stereocenters. The van der Waals surface area contributed by atoms with Crippen LogP contribution in [-0.2, 0) is 10.0 Å². The molecular weight excluding hydrogens is 162 g/mol. The fraction of sp³-hybridized carbons (Fsp3) is 0.429. The Hall–Kier alpha value is -0.610. The largest absolute Gasteiger partial charge is 0.228 e. The first kappa shape index (κ1) is 8.49. The van der Waals surface area contributed by atoms with Crippen LogP contribution in [0.4, 0.5) is 0 Å². The quantitative estimate of drug-likeness (QED) is 0.663. The van der Waals surface area contributed by atoms with Gasteiger partial charge in [-0.05, 0) is 12.8 Å². The second-order valence-corrected chi connectivity index (χ2v) is 4.21. The first-order valence-electron chi connectivity index (χ1n) is 3.43. The number of allylic oxidation sites excluding steroid dienone is 3. The smallest absolute Gasteiger partial charge is 0.212 e. The van der Waals surface area contributed by atoms with Gasteiger partial charge in [0.1, 0.15) is 0 Å². The minimum Gasteiger partial charge on any atom is -0.228 e. The summed E-state index contributed by atoms with van der Waals surface area (Å²) in [5.41, 5.74) is 0.898. The predicted molar refractivity (Wildman–Crippen MR) is 44.4 cm³/mol.